The highest BCUT2D eigenvalue weighted by Crippen LogP contribution is 2.49. The molecule has 1 N–H and O–H groups in total. The van der Waals surface area contributed by atoms with Crippen LogP contribution in [0.25, 0.3) is 0 Å². The number of fused-ring (bicyclic) bond motifs is 1. The molecule has 4 rings (SSSR count). The number of amides is 1. The summed E-state index contributed by atoms with van der Waals surface area (Å²) in [5.74, 6) is 1.34. The van der Waals surface area contributed by atoms with Crippen LogP contribution in [0.1, 0.15) is 41.8 Å². The molecule has 0 bridgehead atoms. The molecule has 1 aliphatic carbocycles. The van der Waals surface area contributed by atoms with Gasteiger partial charge in [-0.1, -0.05) is 29.3 Å². The first kappa shape index (κ1) is 14.5. The first-order valence-electron chi connectivity index (χ1n) is 8.47. The van der Waals surface area contributed by atoms with Gasteiger partial charge in [0.2, 0.25) is 5.91 Å². The molecule has 1 aromatic carbocycles. The van der Waals surface area contributed by atoms with E-state index in [-0.39, 0.29) is 17.4 Å². The quantitative estimate of drug-likeness (QED) is 0.947. The Morgan fingerprint density at radius 2 is 2.00 bits per heavy atom. The van der Waals surface area contributed by atoms with Gasteiger partial charge in [-0.25, -0.2) is 4.98 Å². The van der Waals surface area contributed by atoms with Gasteiger partial charge in [0.1, 0.15) is 5.82 Å². The SMILES string of the molecule is Cc1cc(C)cc(C2(C(=O)N[C@H]3CCc4nccn4C3)CC2)c1. The maximum atomic E-state index is 12.9. The van der Waals surface area contributed by atoms with Crippen LogP contribution in [0, 0.1) is 13.8 Å². The summed E-state index contributed by atoms with van der Waals surface area (Å²) in [6.45, 7) is 5.04. The molecule has 2 aromatic rings. The van der Waals surface area contributed by atoms with E-state index >= 15 is 0 Å². The van der Waals surface area contributed by atoms with E-state index in [1.165, 1.54) is 16.7 Å². The zero-order valence-corrected chi connectivity index (χ0v) is 13.8. The highest BCUT2D eigenvalue weighted by atomic mass is 16.2. The van der Waals surface area contributed by atoms with Gasteiger partial charge in [0.25, 0.3) is 0 Å². The van der Waals surface area contributed by atoms with Crippen LogP contribution in [0.2, 0.25) is 0 Å². The summed E-state index contributed by atoms with van der Waals surface area (Å²) in [5, 5.41) is 3.30. The first-order valence-corrected chi connectivity index (χ1v) is 8.47. The van der Waals surface area contributed by atoms with Crippen molar-refractivity contribution in [2.45, 2.75) is 57.5 Å². The van der Waals surface area contributed by atoms with Crippen LogP contribution in [-0.4, -0.2) is 21.5 Å². The summed E-state index contributed by atoms with van der Waals surface area (Å²) in [4.78, 5) is 17.3. The van der Waals surface area contributed by atoms with Crippen molar-refractivity contribution in [2.24, 2.45) is 0 Å². The Hall–Kier alpha value is -2.10. The molecule has 1 aliphatic heterocycles. The summed E-state index contributed by atoms with van der Waals surface area (Å²) < 4.78 is 2.16. The summed E-state index contributed by atoms with van der Waals surface area (Å²) in [5.41, 5.74) is 3.37. The fourth-order valence-electron chi connectivity index (χ4n) is 3.83. The van der Waals surface area contributed by atoms with E-state index in [4.69, 9.17) is 0 Å². The number of aryl methyl sites for hydroxylation is 3. The van der Waals surface area contributed by atoms with Crippen molar-refractivity contribution >= 4 is 5.91 Å². The molecule has 4 heteroatoms. The number of hydrogen-bond donors (Lipinski definition) is 1. The molecule has 2 heterocycles. The number of nitrogens with zero attached hydrogens (tertiary/aromatic N) is 2. The number of carbonyl (C=O) groups excluding carboxylic acids is 1. The maximum absolute atomic E-state index is 12.9. The van der Waals surface area contributed by atoms with Crippen LogP contribution >= 0.6 is 0 Å². The standard InChI is InChI=1S/C19H23N3O/c1-13-9-14(2)11-15(10-13)19(5-6-19)18(23)21-16-3-4-17-20-7-8-22(17)12-16/h7-11,16H,3-6,12H2,1-2H3,(H,21,23)/t16-/m0/s1. The third-order valence-corrected chi connectivity index (χ3v) is 5.23. The Morgan fingerprint density at radius 3 is 2.70 bits per heavy atom. The molecular formula is C19H23N3O. The van der Waals surface area contributed by atoms with Crippen LogP contribution in [0.3, 0.4) is 0 Å². The predicted molar refractivity (Wildman–Crippen MR) is 89.3 cm³/mol. The summed E-state index contributed by atoms with van der Waals surface area (Å²) in [6, 6.07) is 6.73. The summed E-state index contributed by atoms with van der Waals surface area (Å²) in [7, 11) is 0. The van der Waals surface area contributed by atoms with E-state index in [0.717, 1.165) is 38.1 Å². The second kappa shape index (κ2) is 5.22. The lowest BCUT2D eigenvalue weighted by molar-refractivity contribution is -0.124. The van der Waals surface area contributed by atoms with Gasteiger partial charge in [0.15, 0.2) is 0 Å². The summed E-state index contributed by atoms with van der Waals surface area (Å²) >= 11 is 0. The molecule has 120 valence electrons. The van der Waals surface area contributed by atoms with E-state index in [1.54, 1.807) is 0 Å². The average Bonchev–Trinajstić information content (AvgIpc) is 3.19. The zero-order chi connectivity index (χ0) is 16.0. The largest absolute Gasteiger partial charge is 0.351 e. The monoisotopic (exact) mass is 309 g/mol. The predicted octanol–water partition coefficient (Wildman–Crippen LogP) is 2.66. The molecule has 4 nitrogen and oxygen atoms in total. The van der Waals surface area contributed by atoms with E-state index in [2.05, 4.69) is 46.9 Å². The van der Waals surface area contributed by atoms with Crippen molar-refractivity contribution in [1.82, 2.24) is 14.9 Å². The van der Waals surface area contributed by atoms with Crippen molar-refractivity contribution in [3.63, 3.8) is 0 Å². The molecule has 0 spiro atoms. The molecule has 1 atom stereocenters. The highest BCUT2D eigenvalue weighted by Gasteiger charge is 2.51. The number of benzene rings is 1. The minimum absolute atomic E-state index is 0.205. The average molecular weight is 309 g/mol. The normalized spacial score (nSPS) is 21.6. The van der Waals surface area contributed by atoms with Gasteiger partial charge < -0.3 is 9.88 Å². The van der Waals surface area contributed by atoms with E-state index in [0.29, 0.717) is 0 Å². The van der Waals surface area contributed by atoms with Gasteiger partial charge in [0, 0.05) is 31.4 Å². The Labute approximate surface area is 136 Å². The number of aromatic nitrogens is 2. The molecule has 1 saturated carbocycles. The van der Waals surface area contributed by atoms with Crippen molar-refractivity contribution in [3.05, 3.63) is 53.1 Å². The molecule has 0 radical (unpaired) electrons. The van der Waals surface area contributed by atoms with E-state index < -0.39 is 0 Å². The minimum Gasteiger partial charge on any atom is -0.351 e. The van der Waals surface area contributed by atoms with Crippen LogP contribution in [-0.2, 0) is 23.2 Å². The Bertz CT molecular complexity index is 737. The van der Waals surface area contributed by atoms with Crippen molar-refractivity contribution in [2.75, 3.05) is 0 Å². The molecule has 0 saturated heterocycles. The number of imidazole rings is 1. The lowest BCUT2D eigenvalue weighted by atomic mass is 9.91. The first-order chi connectivity index (χ1) is 11.1. The third-order valence-electron chi connectivity index (χ3n) is 5.23. The Kier molecular flexibility index (Phi) is 3.29. The van der Waals surface area contributed by atoms with Crippen molar-refractivity contribution < 1.29 is 4.79 Å². The van der Waals surface area contributed by atoms with Crippen molar-refractivity contribution in [1.29, 1.82) is 0 Å². The zero-order valence-electron chi connectivity index (χ0n) is 13.8. The van der Waals surface area contributed by atoms with Crippen molar-refractivity contribution in [3.8, 4) is 0 Å². The molecule has 2 aliphatic rings. The number of nitrogens with one attached hydrogen (secondary N) is 1. The maximum Gasteiger partial charge on any atom is 0.230 e. The molecule has 23 heavy (non-hydrogen) atoms. The van der Waals surface area contributed by atoms with Gasteiger partial charge in [0.05, 0.1) is 5.41 Å². The van der Waals surface area contributed by atoms with Crippen LogP contribution in [0.5, 0.6) is 0 Å². The van der Waals surface area contributed by atoms with E-state index in [9.17, 15) is 4.79 Å². The smallest absolute Gasteiger partial charge is 0.230 e. The van der Waals surface area contributed by atoms with Gasteiger partial charge >= 0.3 is 0 Å². The number of carbonyl (C=O) groups is 1. The topological polar surface area (TPSA) is 46.9 Å². The van der Waals surface area contributed by atoms with Gasteiger partial charge in [-0.05, 0) is 38.7 Å². The van der Waals surface area contributed by atoms with Crippen LogP contribution < -0.4 is 5.32 Å². The lowest BCUT2D eigenvalue weighted by Gasteiger charge is -2.27. The Balaban J connectivity index is 1.51. The molecule has 1 fully saturated rings. The van der Waals surface area contributed by atoms with Gasteiger partial charge in [-0.3, -0.25) is 4.79 Å². The minimum atomic E-state index is -0.286. The molecule has 0 unspecified atom stereocenters. The molecule has 1 amide bonds. The van der Waals surface area contributed by atoms with Crippen LogP contribution in [0.4, 0.5) is 0 Å². The van der Waals surface area contributed by atoms with E-state index in [1.807, 2.05) is 12.4 Å². The lowest BCUT2D eigenvalue weighted by Crippen LogP contribution is -2.45. The van der Waals surface area contributed by atoms with Crippen LogP contribution in [0.15, 0.2) is 30.6 Å². The fourth-order valence-corrected chi connectivity index (χ4v) is 3.83. The second-order valence-electron chi connectivity index (χ2n) is 7.16. The molecule has 1 aromatic heterocycles. The fraction of sp³-hybridized carbons (Fsp3) is 0.474. The van der Waals surface area contributed by atoms with Gasteiger partial charge in [-0.2, -0.15) is 0 Å². The number of hydrogen-bond acceptors (Lipinski definition) is 2. The molecular weight excluding hydrogens is 286 g/mol. The Morgan fingerprint density at radius 1 is 1.26 bits per heavy atom. The third kappa shape index (κ3) is 2.56. The van der Waals surface area contributed by atoms with Gasteiger partial charge in [-0.15, -0.1) is 0 Å². The highest BCUT2D eigenvalue weighted by molar-refractivity contribution is 5.91. The number of rotatable bonds is 3. The second-order valence-corrected chi connectivity index (χ2v) is 7.16. The summed E-state index contributed by atoms with van der Waals surface area (Å²) in [6.07, 6.45) is 7.69.